The maximum atomic E-state index is 10.4. The zero-order valence-corrected chi connectivity index (χ0v) is 9.42. The maximum Gasteiger partial charge on any atom is 0.198 e. The molecule has 81 valence electrons. The van der Waals surface area contributed by atoms with Gasteiger partial charge in [-0.05, 0) is 36.5 Å². The molecule has 0 unspecified atom stereocenters. The largest absolute Gasteiger partial charge is 0.393 e. The molecule has 0 aromatic rings. The van der Waals surface area contributed by atoms with Crippen LogP contribution in [0.5, 0.6) is 0 Å². The summed E-state index contributed by atoms with van der Waals surface area (Å²) in [5.74, 6) is 0.949. The highest BCUT2D eigenvalue weighted by Gasteiger charge is 2.37. The zero-order chi connectivity index (χ0) is 10.8. The Morgan fingerprint density at radius 1 is 1.57 bits per heavy atom. The minimum Gasteiger partial charge on any atom is -0.393 e. The van der Waals surface area contributed by atoms with Crippen LogP contribution in [0.1, 0.15) is 46.5 Å². The Morgan fingerprint density at radius 2 is 2.21 bits per heavy atom. The van der Waals surface area contributed by atoms with Crippen LogP contribution in [0.4, 0.5) is 0 Å². The van der Waals surface area contributed by atoms with Crippen molar-refractivity contribution < 1.29 is 9.90 Å². The highest BCUT2D eigenvalue weighted by atomic mass is 16.3. The smallest absolute Gasteiger partial charge is 0.198 e. The van der Waals surface area contributed by atoms with Crippen molar-refractivity contribution in [1.82, 2.24) is 0 Å². The summed E-state index contributed by atoms with van der Waals surface area (Å²) in [6, 6.07) is 0. The van der Waals surface area contributed by atoms with Crippen LogP contribution in [0.15, 0.2) is 0 Å². The molecule has 1 N–H and O–H groups in total. The normalized spacial score (nSPS) is 38.6. The second-order valence-corrected chi connectivity index (χ2v) is 5.35. The Kier molecular flexibility index (Phi) is 3.71. The Bertz CT molecular complexity index is 200. The summed E-state index contributed by atoms with van der Waals surface area (Å²) >= 11 is 0. The van der Waals surface area contributed by atoms with E-state index in [0.717, 1.165) is 19.3 Å². The molecule has 1 saturated carbocycles. The first-order chi connectivity index (χ1) is 6.48. The van der Waals surface area contributed by atoms with Crippen molar-refractivity contribution in [3.63, 3.8) is 0 Å². The summed E-state index contributed by atoms with van der Waals surface area (Å²) in [4.78, 5) is 10.4. The second kappa shape index (κ2) is 4.43. The third-order valence-electron chi connectivity index (χ3n) is 3.63. The SMILES string of the molecule is CC(C)[C@@H]1CC[C@@](C)(C[C]=O)C[C@H]1O. The minimum atomic E-state index is -0.234. The topological polar surface area (TPSA) is 37.3 Å². The van der Waals surface area contributed by atoms with Crippen LogP contribution in [-0.4, -0.2) is 17.5 Å². The molecule has 1 aliphatic rings. The van der Waals surface area contributed by atoms with Gasteiger partial charge in [0.25, 0.3) is 0 Å². The summed E-state index contributed by atoms with van der Waals surface area (Å²) in [7, 11) is 0. The molecule has 1 fully saturated rings. The van der Waals surface area contributed by atoms with Gasteiger partial charge in [0.05, 0.1) is 6.10 Å². The summed E-state index contributed by atoms with van der Waals surface area (Å²) in [6.45, 7) is 6.39. The molecule has 0 aromatic carbocycles. The van der Waals surface area contributed by atoms with Crippen molar-refractivity contribution in [3.05, 3.63) is 0 Å². The van der Waals surface area contributed by atoms with Crippen LogP contribution in [0, 0.1) is 17.3 Å². The standard InChI is InChI=1S/C12H21O2/c1-9(2)10-4-5-12(3,6-7-13)8-11(10)14/h9-11,14H,4-6,8H2,1-3H3/t10-,11+,12-/m0/s1. The predicted molar refractivity (Wildman–Crippen MR) is 56.6 cm³/mol. The van der Waals surface area contributed by atoms with Crippen molar-refractivity contribution in [1.29, 1.82) is 0 Å². The summed E-state index contributed by atoms with van der Waals surface area (Å²) in [6.07, 6.45) is 5.05. The lowest BCUT2D eigenvalue weighted by atomic mass is 9.66. The first-order valence-corrected chi connectivity index (χ1v) is 5.51. The predicted octanol–water partition coefficient (Wildman–Crippen LogP) is 2.31. The van der Waals surface area contributed by atoms with Crippen molar-refractivity contribution >= 4 is 6.29 Å². The van der Waals surface area contributed by atoms with Gasteiger partial charge in [-0.25, -0.2) is 0 Å². The molecule has 0 aromatic heterocycles. The van der Waals surface area contributed by atoms with Crippen molar-refractivity contribution in [3.8, 4) is 0 Å². The third-order valence-corrected chi connectivity index (χ3v) is 3.63. The molecule has 0 bridgehead atoms. The van der Waals surface area contributed by atoms with Gasteiger partial charge in [-0.2, -0.15) is 0 Å². The zero-order valence-electron chi connectivity index (χ0n) is 9.42. The fraction of sp³-hybridized carbons (Fsp3) is 0.917. The molecule has 1 rings (SSSR count). The minimum absolute atomic E-state index is 0.00738. The molecule has 0 aliphatic heterocycles. The summed E-state index contributed by atoms with van der Waals surface area (Å²) < 4.78 is 0. The molecular weight excluding hydrogens is 176 g/mol. The maximum absolute atomic E-state index is 10.4. The molecule has 3 atom stereocenters. The molecule has 1 aliphatic carbocycles. The first kappa shape index (κ1) is 11.7. The van der Waals surface area contributed by atoms with Crippen LogP contribution in [0.2, 0.25) is 0 Å². The van der Waals surface area contributed by atoms with E-state index < -0.39 is 0 Å². The van der Waals surface area contributed by atoms with E-state index in [-0.39, 0.29) is 11.5 Å². The average molecular weight is 197 g/mol. The van der Waals surface area contributed by atoms with Gasteiger partial charge in [-0.3, -0.25) is 4.79 Å². The molecular formula is C12H21O2. The lowest BCUT2D eigenvalue weighted by molar-refractivity contribution is -0.00748. The number of hydrogen-bond acceptors (Lipinski definition) is 2. The molecule has 0 saturated heterocycles. The number of rotatable bonds is 3. The molecule has 1 radical (unpaired) electrons. The lowest BCUT2D eigenvalue weighted by Crippen LogP contribution is -2.37. The number of aliphatic hydroxyl groups is 1. The monoisotopic (exact) mass is 197 g/mol. The Hall–Kier alpha value is -0.370. The fourth-order valence-electron chi connectivity index (χ4n) is 2.58. The molecule has 0 amide bonds. The van der Waals surface area contributed by atoms with E-state index in [4.69, 9.17) is 0 Å². The second-order valence-electron chi connectivity index (χ2n) is 5.35. The Balaban J connectivity index is 2.58. The van der Waals surface area contributed by atoms with Gasteiger partial charge in [0, 0.05) is 6.42 Å². The molecule has 2 nitrogen and oxygen atoms in total. The molecule has 0 spiro atoms. The van der Waals surface area contributed by atoms with Crippen LogP contribution in [-0.2, 0) is 4.79 Å². The number of carbonyl (C=O) groups excluding carboxylic acids is 1. The lowest BCUT2D eigenvalue weighted by Gasteiger charge is -2.41. The van der Waals surface area contributed by atoms with Gasteiger partial charge < -0.3 is 5.11 Å². The van der Waals surface area contributed by atoms with Crippen molar-refractivity contribution in [2.75, 3.05) is 0 Å². The van der Waals surface area contributed by atoms with Gasteiger partial charge >= 0.3 is 0 Å². The molecule has 2 heteroatoms. The Labute approximate surface area is 86.7 Å². The quantitative estimate of drug-likeness (QED) is 0.754. The summed E-state index contributed by atoms with van der Waals surface area (Å²) in [5.41, 5.74) is -0.00738. The van der Waals surface area contributed by atoms with E-state index in [2.05, 4.69) is 20.8 Å². The Morgan fingerprint density at radius 3 is 2.64 bits per heavy atom. The van der Waals surface area contributed by atoms with E-state index >= 15 is 0 Å². The average Bonchev–Trinajstić information content (AvgIpc) is 2.02. The van der Waals surface area contributed by atoms with Gasteiger partial charge in [0.15, 0.2) is 6.29 Å². The van der Waals surface area contributed by atoms with Crippen molar-refractivity contribution in [2.24, 2.45) is 17.3 Å². The van der Waals surface area contributed by atoms with E-state index in [1.165, 1.54) is 0 Å². The van der Waals surface area contributed by atoms with Crippen molar-refractivity contribution in [2.45, 2.75) is 52.6 Å². The van der Waals surface area contributed by atoms with E-state index in [1.54, 1.807) is 0 Å². The van der Waals surface area contributed by atoms with Crippen LogP contribution in [0.3, 0.4) is 0 Å². The number of aliphatic hydroxyl groups excluding tert-OH is 1. The molecule has 14 heavy (non-hydrogen) atoms. The third kappa shape index (κ3) is 2.57. The van der Waals surface area contributed by atoms with E-state index in [1.807, 2.05) is 6.29 Å². The van der Waals surface area contributed by atoms with Crippen LogP contribution >= 0.6 is 0 Å². The first-order valence-electron chi connectivity index (χ1n) is 5.51. The van der Waals surface area contributed by atoms with Crippen LogP contribution in [0.25, 0.3) is 0 Å². The summed E-state index contributed by atoms with van der Waals surface area (Å²) in [5, 5.41) is 9.97. The van der Waals surface area contributed by atoms with Gasteiger partial charge in [-0.1, -0.05) is 20.8 Å². The van der Waals surface area contributed by atoms with Gasteiger partial charge in [0.2, 0.25) is 0 Å². The van der Waals surface area contributed by atoms with E-state index in [9.17, 15) is 9.90 Å². The van der Waals surface area contributed by atoms with Gasteiger partial charge in [-0.15, -0.1) is 0 Å². The van der Waals surface area contributed by atoms with Gasteiger partial charge in [0.1, 0.15) is 0 Å². The highest BCUT2D eigenvalue weighted by Crippen LogP contribution is 2.42. The van der Waals surface area contributed by atoms with Crippen LogP contribution < -0.4 is 0 Å². The fourth-order valence-corrected chi connectivity index (χ4v) is 2.58. The molecule has 0 heterocycles. The number of hydrogen-bond donors (Lipinski definition) is 1. The van der Waals surface area contributed by atoms with E-state index in [0.29, 0.717) is 18.3 Å². The highest BCUT2D eigenvalue weighted by molar-refractivity contribution is 5.51.